The third kappa shape index (κ3) is 5.87. The van der Waals surface area contributed by atoms with Crippen LogP contribution >= 0.6 is 22.6 Å². The highest BCUT2D eigenvalue weighted by molar-refractivity contribution is 14.1. The number of carbonyl (C=O) groups excluding carboxylic acids is 1. The summed E-state index contributed by atoms with van der Waals surface area (Å²) >= 11 is 2.12. The van der Waals surface area contributed by atoms with Crippen molar-refractivity contribution in [3.05, 3.63) is 61.7 Å². The zero-order valence-electron chi connectivity index (χ0n) is 15.4. The third-order valence-corrected chi connectivity index (χ3v) is 5.04. The van der Waals surface area contributed by atoms with E-state index in [1.165, 1.54) is 12.3 Å². The predicted octanol–water partition coefficient (Wildman–Crippen LogP) is 2.57. The van der Waals surface area contributed by atoms with E-state index in [9.17, 15) is 14.9 Å². The normalized spacial score (nSPS) is 14.0. The van der Waals surface area contributed by atoms with Gasteiger partial charge in [0.25, 0.3) is 11.6 Å². The van der Waals surface area contributed by atoms with E-state index in [2.05, 4.69) is 33.1 Å². The van der Waals surface area contributed by atoms with Gasteiger partial charge in [-0.25, -0.2) is 5.43 Å². The van der Waals surface area contributed by atoms with E-state index in [4.69, 9.17) is 9.47 Å². The Hall–Kier alpha value is -2.73. The minimum atomic E-state index is -0.430. The SMILES string of the molecule is O=C(COc1ccccc1I)N/N=C/c1ccc(N2CCOCC2)c([N+](=O)[O-])c1. The average molecular weight is 510 g/mol. The smallest absolute Gasteiger partial charge is 0.293 e. The number of morpholine rings is 1. The molecule has 2 aromatic carbocycles. The third-order valence-electron chi connectivity index (χ3n) is 4.15. The molecule has 1 saturated heterocycles. The fourth-order valence-corrected chi connectivity index (χ4v) is 3.30. The Morgan fingerprint density at radius 1 is 1.31 bits per heavy atom. The Morgan fingerprint density at radius 2 is 2.07 bits per heavy atom. The Bertz CT molecular complexity index is 915. The van der Waals surface area contributed by atoms with E-state index in [1.807, 2.05) is 23.1 Å². The molecule has 1 N–H and O–H groups in total. The van der Waals surface area contributed by atoms with Crippen LogP contribution in [0, 0.1) is 13.7 Å². The van der Waals surface area contributed by atoms with Crippen molar-refractivity contribution >= 4 is 46.1 Å². The molecule has 0 aliphatic carbocycles. The Morgan fingerprint density at radius 3 is 2.79 bits per heavy atom. The summed E-state index contributed by atoms with van der Waals surface area (Å²) in [6, 6.07) is 12.2. The number of hydrazone groups is 1. The van der Waals surface area contributed by atoms with Gasteiger partial charge < -0.3 is 14.4 Å². The summed E-state index contributed by atoms with van der Waals surface area (Å²) in [5.74, 6) is 0.182. The lowest BCUT2D eigenvalue weighted by atomic mass is 10.1. The van der Waals surface area contributed by atoms with E-state index in [0.29, 0.717) is 43.3 Å². The molecule has 1 amide bonds. The largest absolute Gasteiger partial charge is 0.483 e. The Balaban J connectivity index is 1.59. The molecule has 0 radical (unpaired) electrons. The van der Waals surface area contributed by atoms with Crippen LogP contribution in [0.3, 0.4) is 0 Å². The van der Waals surface area contributed by atoms with Gasteiger partial charge in [-0.3, -0.25) is 14.9 Å². The summed E-state index contributed by atoms with van der Waals surface area (Å²) in [7, 11) is 0. The number of carbonyl (C=O) groups is 1. The molecule has 1 heterocycles. The number of ether oxygens (including phenoxy) is 2. The molecule has 0 aromatic heterocycles. The number of halogens is 1. The zero-order chi connectivity index (χ0) is 20.6. The topological polar surface area (TPSA) is 106 Å². The summed E-state index contributed by atoms with van der Waals surface area (Å²) in [5.41, 5.74) is 3.40. The number of hydrogen-bond acceptors (Lipinski definition) is 7. The first-order valence-electron chi connectivity index (χ1n) is 8.85. The van der Waals surface area contributed by atoms with Crippen LogP contribution in [0.25, 0.3) is 0 Å². The van der Waals surface area contributed by atoms with E-state index < -0.39 is 10.8 Å². The number of nitro benzene ring substituents is 1. The first-order valence-corrected chi connectivity index (χ1v) is 9.93. The van der Waals surface area contributed by atoms with Gasteiger partial charge >= 0.3 is 0 Å². The van der Waals surface area contributed by atoms with Crippen molar-refractivity contribution in [2.45, 2.75) is 0 Å². The van der Waals surface area contributed by atoms with Crippen LogP contribution < -0.4 is 15.1 Å². The van der Waals surface area contributed by atoms with Gasteiger partial charge in [-0.1, -0.05) is 18.2 Å². The van der Waals surface area contributed by atoms with Crippen LogP contribution in [-0.4, -0.2) is 50.0 Å². The highest BCUT2D eigenvalue weighted by Crippen LogP contribution is 2.29. The number of nitro groups is 1. The second-order valence-corrected chi connectivity index (χ2v) is 7.28. The molecule has 0 bridgehead atoms. The highest BCUT2D eigenvalue weighted by Gasteiger charge is 2.21. The number of nitrogens with one attached hydrogen (secondary N) is 1. The first kappa shape index (κ1) is 21.0. The molecule has 29 heavy (non-hydrogen) atoms. The minimum Gasteiger partial charge on any atom is -0.483 e. The second kappa shape index (κ2) is 10.2. The Labute approximate surface area is 181 Å². The van der Waals surface area contributed by atoms with E-state index in [-0.39, 0.29) is 12.3 Å². The summed E-state index contributed by atoms with van der Waals surface area (Å²) in [6.45, 7) is 2.09. The molecular weight excluding hydrogens is 491 g/mol. The molecule has 2 aromatic rings. The summed E-state index contributed by atoms with van der Waals surface area (Å²) in [5, 5.41) is 15.3. The number of benzene rings is 2. The molecule has 152 valence electrons. The van der Waals surface area contributed by atoms with Crippen molar-refractivity contribution < 1.29 is 19.2 Å². The van der Waals surface area contributed by atoms with Crippen LogP contribution in [0.1, 0.15) is 5.56 Å². The van der Waals surface area contributed by atoms with Crippen molar-refractivity contribution in [3.8, 4) is 5.75 Å². The molecule has 0 spiro atoms. The van der Waals surface area contributed by atoms with Crippen molar-refractivity contribution in [2.24, 2.45) is 5.10 Å². The van der Waals surface area contributed by atoms with Gasteiger partial charge in [-0.05, 0) is 40.8 Å². The monoisotopic (exact) mass is 510 g/mol. The van der Waals surface area contributed by atoms with Gasteiger partial charge in [0.05, 0.1) is 27.9 Å². The number of anilines is 1. The second-order valence-electron chi connectivity index (χ2n) is 6.12. The molecule has 10 heteroatoms. The van der Waals surface area contributed by atoms with Gasteiger partial charge in [0.2, 0.25) is 0 Å². The zero-order valence-corrected chi connectivity index (χ0v) is 17.6. The fraction of sp³-hybridized carbons (Fsp3) is 0.263. The number of nitrogens with zero attached hydrogens (tertiary/aromatic N) is 3. The maximum Gasteiger partial charge on any atom is 0.293 e. The van der Waals surface area contributed by atoms with Gasteiger partial charge in [0.15, 0.2) is 6.61 Å². The molecule has 1 fully saturated rings. The standard InChI is InChI=1S/C19H19IN4O5/c20-15-3-1-2-4-18(15)29-13-19(25)22-21-12-14-5-6-16(17(11-14)24(26)27)23-7-9-28-10-8-23/h1-6,11-12H,7-10,13H2,(H,22,25)/b21-12+. The lowest BCUT2D eigenvalue weighted by molar-refractivity contribution is -0.384. The van der Waals surface area contributed by atoms with E-state index in [1.54, 1.807) is 18.2 Å². The molecule has 0 saturated carbocycles. The molecule has 3 rings (SSSR count). The van der Waals surface area contributed by atoms with Crippen molar-refractivity contribution in [3.63, 3.8) is 0 Å². The molecular formula is C19H19IN4O5. The van der Waals surface area contributed by atoms with Crippen molar-refractivity contribution in [1.29, 1.82) is 0 Å². The van der Waals surface area contributed by atoms with E-state index in [0.717, 1.165) is 3.57 Å². The maximum atomic E-state index is 11.9. The van der Waals surface area contributed by atoms with Gasteiger partial charge in [0.1, 0.15) is 11.4 Å². The van der Waals surface area contributed by atoms with Gasteiger partial charge in [0, 0.05) is 24.7 Å². The summed E-state index contributed by atoms with van der Waals surface area (Å²) < 4.78 is 11.6. The quantitative estimate of drug-likeness (QED) is 0.266. The van der Waals surface area contributed by atoms with Crippen LogP contribution in [0.2, 0.25) is 0 Å². The maximum absolute atomic E-state index is 11.9. The number of hydrogen-bond donors (Lipinski definition) is 1. The first-order chi connectivity index (χ1) is 14.0. The van der Waals surface area contributed by atoms with E-state index >= 15 is 0 Å². The molecule has 0 unspecified atom stereocenters. The minimum absolute atomic E-state index is 0.0100. The van der Waals surface area contributed by atoms with Gasteiger partial charge in [-0.15, -0.1) is 0 Å². The molecule has 1 aliphatic rings. The van der Waals surface area contributed by atoms with Crippen molar-refractivity contribution in [1.82, 2.24) is 5.43 Å². The Kier molecular flexibility index (Phi) is 7.36. The fourth-order valence-electron chi connectivity index (χ4n) is 2.75. The highest BCUT2D eigenvalue weighted by atomic mass is 127. The lowest BCUT2D eigenvalue weighted by Gasteiger charge is -2.28. The average Bonchev–Trinajstić information content (AvgIpc) is 2.73. The number of para-hydroxylation sites is 1. The van der Waals surface area contributed by atoms with Crippen LogP contribution in [0.15, 0.2) is 47.6 Å². The summed E-state index contributed by atoms with van der Waals surface area (Å²) in [6.07, 6.45) is 1.36. The van der Waals surface area contributed by atoms with Crippen LogP contribution in [0.4, 0.5) is 11.4 Å². The molecule has 9 nitrogen and oxygen atoms in total. The molecule has 1 aliphatic heterocycles. The number of rotatable bonds is 7. The van der Waals surface area contributed by atoms with Crippen LogP contribution in [-0.2, 0) is 9.53 Å². The number of amides is 1. The molecule has 0 atom stereocenters. The summed E-state index contributed by atoms with van der Waals surface area (Å²) in [4.78, 5) is 24.8. The predicted molar refractivity (Wildman–Crippen MR) is 117 cm³/mol. The lowest BCUT2D eigenvalue weighted by Crippen LogP contribution is -2.36. The van der Waals surface area contributed by atoms with Gasteiger partial charge in [-0.2, -0.15) is 5.10 Å². The van der Waals surface area contributed by atoms with Crippen LogP contribution in [0.5, 0.6) is 5.75 Å². The van der Waals surface area contributed by atoms with Crippen molar-refractivity contribution in [2.75, 3.05) is 37.8 Å².